The largest absolute Gasteiger partial charge is 0.352 e. The van der Waals surface area contributed by atoms with Crippen LogP contribution < -0.4 is 10.2 Å². The molecule has 1 saturated heterocycles. The summed E-state index contributed by atoms with van der Waals surface area (Å²) in [6.45, 7) is 0.428. The topological polar surface area (TPSA) is 62.3 Å². The number of hydrogen-bond acceptors (Lipinski definition) is 4. The lowest BCUT2D eigenvalue weighted by molar-refractivity contribution is -0.126. The Morgan fingerprint density at radius 3 is 2.61 bits per heavy atom. The predicted molar refractivity (Wildman–Crippen MR) is 88.4 cm³/mol. The van der Waals surface area contributed by atoms with Gasteiger partial charge in [-0.1, -0.05) is 24.3 Å². The average molecular weight is 327 g/mol. The van der Waals surface area contributed by atoms with Gasteiger partial charge in [-0.05, 0) is 24.0 Å². The average Bonchev–Trinajstić information content (AvgIpc) is 3.24. The first kappa shape index (κ1) is 14.4. The number of nitrogens with one attached hydrogen (secondary N) is 1. The Labute approximate surface area is 138 Å². The summed E-state index contributed by atoms with van der Waals surface area (Å²) >= 11 is 1.42. The lowest BCUT2D eigenvalue weighted by Gasteiger charge is -2.16. The third-order valence-electron chi connectivity index (χ3n) is 4.54. The van der Waals surface area contributed by atoms with Crippen LogP contribution in [0.4, 0.5) is 5.13 Å². The van der Waals surface area contributed by atoms with Gasteiger partial charge in [0.1, 0.15) is 0 Å². The van der Waals surface area contributed by atoms with Gasteiger partial charge >= 0.3 is 0 Å². The van der Waals surface area contributed by atoms with Gasteiger partial charge in [-0.2, -0.15) is 0 Å². The zero-order valence-corrected chi connectivity index (χ0v) is 13.4. The molecule has 118 valence electrons. The van der Waals surface area contributed by atoms with Crippen molar-refractivity contribution >= 4 is 28.3 Å². The SMILES string of the molecule is O=C(NC1Cc2ccccc2C1)C1CC(=O)N(c2nccs2)C1. The molecule has 4 rings (SSSR count). The number of benzene rings is 1. The van der Waals surface area contributed by atoms with Crippen LogP contribution in [0.2, 0.25) is 0 Å². The number of anilines is 1. The second-order valence-electron chi connectivity index (χ2n) is 6.10. The van der Waals surface area contributed by atoms with Crippen LogP contribution in [0.3, 0.4) is 0 Å². The fourth-order valence-electron chi connectivity index (χ4n) is 3.40. The van der Waals surface area contributed by atoms with Gasteiger partial charge in [0, 0.05) is 30.6 Å². The summed E-state index contributed by atoms with van der Waals surface area (Å²) in [5.41, 5.74) is 2.62. The molecule has 0 bridgehead atoms. The zero-order chi connectivity index (χ0) is 15.8. The molecular weight excluding hydrogens is 310 g/mol. The van der Waals surface area contributed by atoms with Crippen molar-refractivity contribution in [3.8, 4) is 0 Å². The summed E-state index contributed by atoms with van der Waals surface area (Å²) in [5, 5.41) is 5.64. The van der Waals surface area contributed by atoms with E-state index in [0.29, 0.717) is 11.7 Å². The molecule has 2 aliphatic rings. The van der Waals surface area contributed by atoms with Crippen LogP contribution in [0.15, 0.2) is 35.8 Å². The summed E-state index contributed by atoms with van der Waals surface area (Å²) in [4.78, 5) is 30.4. The van der Waals surface area contributed by atoms with E-state index in [1.54, 1.807) is 11.1 Å². The standard InChI is InChI=1S/C17H17N3O2S/c21-15-9-13(10-20(15)17-18-5-6-23-17)16(22)19-14-7-11-3-1-2-4-12(11)8-14/h1-6,13-14H,7-10H2,(H,19,22). The van der Waals surface area contributed by atoms with Crippen molar-refractivity contribution < 1.29 is 9.59 Å². The highest BCUT2D eigenvalue weighted by atomic mass is 32.1. The highest BCUT2D eigenvalue weighted by molar-refractivity contribution is 7.13. The minimum absolute atomic E-state index is 0.0183. The third kappa shape index (κ3) is 2.74. The number of nitrogens with zero attached hydrogens (tertiary/aromatic N) is 2. The summed E-state index contributed by atoms with van der Waals surface area (Å²) in [5.74, 6) is -0.319. The maximum atomic E-state index is 12.5. The fraction of sp³-hybridized carbons (Fsp3) is 0.353. The van der Waals surface area contributed by atoms with E-state index >= 15 is 0 Å². The Morgan fingerprint density at radius 1 is 1.22 bits per heavy atom. The van der Waals surface area contributed by atoms with E-state index in [1.165, 1.54) is 22.5 Å². The van der Waals surface area contributed by atoms with Gasteiger partial charge in [0.05, 0.1) is 5.92 Å². The number of hydrogen-bond donors (Lipinski definition) is 1. The van der Waals surface area contributed by atoms with Crippen LogP contribution in [0.25, 0.3) is 0 Å². The van der Waals surface area contributed by atoms with Gasteiger partial charge < -0.3 is 5.32 Å². The fourth-order valence-corrected chi connectivity index (χ4v) is 4.07. The van der Waals surface area contributed by atoms with Crippen molar-refractivity contribution in [2.75, 3.05) is 11.4 Å². The number of thiazole rings is 1. The number of amides is 2. The monoisotopic (exact) mass is 327 g/mol. The van der Waals surface area contributed by atoms with E-state index < -0.39 is 0 Å². The van der Waals surface area contributed by atoms with Gasteiger partial charge in [0.15, 0.2) is 5.13 Å². The summed E-state index contributed by atoms with van der Waals surface area (Å²) in [7, 11) is 0. The summed E-state index contributed by atoms with van der Waals surface area (Å²) in [6, 6.07) is 8.44. The first-order valence-electron chi connectivity index (χ1n) is 7.78. The van der Waals surface area contributed by atoms with Gasteiger partial charge in [-0.25, -0.2) is 4.98 Å². The zero-order valence-electron chi connectivity index (χ0n) is 12.6. The third-order valence-corrected chi connectivity index (χ3v) is 5.34. The van der Waals surface area contributed by atoms with Crippen molar-refractivity contribution in [3.05, 3.63) is 47.0 Å². The van der Waals surface area contributed by atoms with Crippen LogP contribution in [0.1, 0.15) is 17.5 Å². The molecule has 1 N–H and O–H groups in total. The molecule has 2 heterocycles. The maximum absolute atomic E-state index is 12.5. The number of carbonyl (C=O) groups excluding carboxylic acids is 2. The molecule has 0 saturated carbocycles. The van der Waals surface area contributed by atoms with Gasteiger partial charge in [-0.15, -0.1) is 11.3 Å². The summed E-state index contributed by atoms with van der Waals surface area (Å²) in [6.07, 6.45) is 3.69. The van der Waals surface area contributed by atoms with Crippen LogP contribution in [-0.4, -0.2) is 29.4 Å². The Morgan fingerprint density at radius 2 is 1.96 bits per heavy atom. The maximum Gasteiger partial charge on any atom is 0.229 e. The first-order chi connectivity index (χ1) is 11.2. The minimum atomic E-state index is -0.282. The highest BCUT2D eigenvalue weighted by Crippen LogP contribution is 2.27. The van der Waals surface area contributed by atoms with Gasteiger partial charge in [-0.3, -0.25) is 14.5 Å². The second-order valence-corrected chi connectivity index (χ2v) is 6.98. The summed E-state index contributed by atoms with van der Waals surface area (Å²) < 4.78 is 0. The first-order valence-corrected chi connectivity index (χ1v) is 8.65. The molecule has 6 heteroatoms. The highest BCUT2D eigenvalue weighted by Gasteiger charge is 2.37. The second kappa shape index (κ2) is 5.77. The molecule has 2 aromatic rings. The Kier molecular flexibility index (Phi) is 3.61. The molecular formula is C17H17N3O2S. The minimum Gasteiger partial charge on any atom is -0.352 e. The Hall–Kier alpha value is -2.21. The molecule has 1 aromatic carbocycles. The van der Waals surface area contributed by atoms with Gasteiger partial charge in [0.2, 0.25) is 11.8 Å². The number of carbonyl (C=O) groups is 2. The van der Waals surface area contributed by atoms with Crippen LogP contribution >= 0.6 is 11.3 Å². The van der Waals surface area contributed by atoms with Crippen LogP contribution in [-0.2, 0) is 22.4 Å². The van der Waals surface area contributed by atoms with Crippen molar-refractivity contribution in [1.82, 2.24) is 10.3 Å². The van der Waals surface area contributed by atoms with Gasteiger partial charge in [0.25, 0.3) is 0 Å². The van der Waals surface area contributed by atoms with E-state index in [9.17, 15) is 9.59 Å². The van der Waals surface area contributed by atoms with Crippen LogP contribution in [0.5, 0.6) is 0 Å². The van der Waals surface area contributed by atoms with E-state index in [0.717, 1.165) is 12.8 Å². The van der Waals surface area contributed by atoms with E-state index in [4.69, 9.17) is 0 Å². The molecule has 0 spiro atoms. The van der Waals surface area contributed by atoms with E-state index in [1.807, 2.05) is 17.5 Å². The molecule has 2 amide bonds. The van der Waals surface area contributed by atoms with E-state index in [2.05, 4.69) is 22.4 Å². The van der Waals surface area contributed by atoms with Crippen molar-refractivity contribution in [2.45, 2.75) is 25.3 Å². The normalized spacial score (nSPS) is 20.8. The molecule has 23 heavy (non-hydrogen) atoms. The molecule has 1 unspecified atom stereocenters. The lowest BCUT2D eigenvalue weighted by Crippen LogP contribution is -2.40. The van der Waals surface area contributed by atoms with Crippen LogP contribution in [0, 0.1) is 5.92 Å². The van der Waals surface area contributed by atoms with Crippen molar-refractivity contribution in [1.29, 1.82) is 0 Å². The van der Waals surface area contributed by atoms with E-state index in [-0.39, 0.29) is 30.2 Å². The molecule has 1 aliphatic heterocycles. The molecule has 1 aromatic heterocycles. The molecule has 1 atom stereocenters. The number of rotatable bonds is 3. The lowest BCUT2D eigenvalue weighted by atomic mass is 10.1. The molecule has 1 fully saturated rings. The molecule has 0 radical (unpaired) electrons. The number of aromatic nitrogens is 1. The smallest absolute Gasteiger partial charge is 0.229 e. The molecule has 1 aliphatic carbocycles. The quantitative estimate of drug-likeness (QED) is 0.935. The Balaban J connectivity index is 1.38. The van der Waals surface area contributed by atoms with Crippen molar-refractivity contribution in [2.24, 2.45) is 5.92 Å². The number of fused-ring (bicyclic) bond motifs is 1. The Bertz CT molecular complexity index is 719. The predicted octanol–water partition coefficient (Wildman–Crippen LogP) is 1.78. The molecule has 5 nitrogen and oxygen atoms in total. The van der Waals surface area contributed by atoms with Crippen molar-refractivity contribution in [3.63, 3.8) is 0 Å².